The average molecular weight is 348 g/mol. The molecule has 3 aromatic rings. The Kier molecular flexibility index (Phi) is 5.16. The van der Waals surface area contributed by atoms with Gasteiger partial charge in [0.05, 0.1) is 5.69 Å². The van der Waals surface area contributed by atoms with Crippen LogP contribution in [0.5, 0.6) is 5.75 Å². The molecular weight excluding hydrogens is 324 g/mol. The number of para-hydroxylation sites is 1. The molecule has 134 valence electrons. The number of nitrogens with zero attached hydrogens (tertiary/aromatic N) is 3. The second-order valence-electron chi connectivity index (χ2n) is 6.76. The standard InChI is InChI=1S/C21H24N4O/c1-4-21(3,17-7-5-6-8-19(17)26)13-23-20-11-18(24-14-25-20)16-10-9-15(2)22-12-16/h5-12,14,26H,4,13H2,1-3H3,(H,23,24,25)/t21-/m1/s1. The van der Waals surface area contributed by atoms with Crippen molar-refractivity contribution in [2.24, 2.45) is 0 Å². The molecule has 1 aromatic carbocycles. The second kappa shape index (κ2) is 7.52. The van der Waals surface area contributed by atoms with Crippen LogP contribution in [0.15, 0.2) is 55.0 Å². The number of nitrogens with one attached hydrogen (secondary N) is 1. The Labute approximate surface area is 154 Å². The number of benzene rings is 1. The first-order valence-electron chi connectivity index (χ1n) is 8.79. The maximum absolute atomic E-state index is 10.2. The summed E-state index contributed by atoms with van der Waals surface area (Å²) in [6, 6.07) is 13.4. The van der Waals surface area contributed by atoms with Crippen LogP contribution in [-0.2, 0) is 5.41 Å². The van der Waals surface area contributed by atoms with Gasteiger partial charge in [-0.05, 0) is 31.5 Å². The van der Waals surface area contributed by atoms with Crippen molar-refractivity contribution in [1.82, 2.24) is 15.0 Å². The minimum Gasteiger partial charge on any atom is -0.508 e. The molecule has 1 atom stereocenters. The van der Waals surface area contributed by atoms with E-state index in [9.17, 15) is 5.11 Å². The van der Waals surface area contributed by atoms with E-state index in [1.54, 1.807) is 12.4 Å². The van der Waals surface area contributed by atoms with Gasteiger partial charge in [0.25, 0.3) is 0 Å². The van der Waals surface area contributed by atoms with E-state index in [-0.39, 0.29) is 5.41 Å². The molecule has 0 spiro atoms. The molecule has 0 saturated heterocycles. The minimum absolute atomic E-state index is 0.206. The highest BCUT2D eigenvalue weighted by Gasteiger charge is 2.27. The lowest BCUT2D eigenvalue weighted by Gasteiger charge is -2.30. The van der Waals surface area contributed by atoms with E-state index in [1.807, 2.05) is 49.5 Å². The Balaban J connectivity index is 1.80. The number of hydrogen-bond acceptors (Lipinski definition) is 5. The van der Waals surface area contributed by atoms with Crippen LogP contribution >= 0.6 is 0 Å². The number of phenols is 1. The number of aromatic hydroxyl groups is 1. The molecular formula is C21H24N4O. The van der Waals surface area contributed by atoms with E-state index in [0.717, 1.165) is 34.8 Å². The molecule has 0 amide bonds. The molecule has 26 heavy (non-hydrogen) atoms. The Morgan fingerprint density at radius 2 is 1.88 bits per heavy atom. The normalized spacial score (nSPS) is 13.2. The predicted octanol–water partition coefficient (Wildman–Crippen LogP) is 4.33. The van der Waals surface area contributed by atoms with E-state index in [1.165, 1.54) is 0 Å². The largest absolute Gasteiger partial charge is 0.508 e. The van der Waals surface area contributed by atoms with Crippen LogP contribution in [0.4, 0.5) is 5.82 Å². The van der Waals surface area contributed by atoms with Gasteiger partial charge in [-0.2, -0.15) is 0 Å². The molecule has 0 unspecified atom stereocenters. The molecule has 3 rings (SSSR count). The molecule has 0 aliphatic rings. The summed E-state index contributed by atoms with van der Waals surface area (Å²) in [5.74, 6) is 1.08. The summed E-state index contributed by atoms with van der Waals surface area (Å²) in [7, 11) is 0. The van der Waals surface area contributed by atoms with Gasteiger partial charge >= 0.3 is 0 Å². The Morgan fingerprint density at radius 3 is 2.58 bits per heavy atom. The van der Waals surface area contributed by atoms with Gasteiger partial charge in [0.2, 0.25) is 0 Å². The summed E-state index contributed by atoms with van der Waals surface area (Å²) < 4.78 is 0. The summed E-state index contributed by atoms with van der Waals surface area (Å²) in [5, 5.41) is 13.6. The number of aryl methyl sites for hydroxylation is 1. The summed E-state index contributed by atoms with van der Waals surface area (Å²) in [6.07, 6.45) is 4.26. The molecule has 0 aliphatic carbocycles. The third-order valence-electron chi connectivity index (χ3n) is 4.87. The Bertz CT molecular complexity index is 879. The lowest BCUT2D eigenvalue weighted by molar-refractivity contribution is 0.419. The van der Waals surface area contributed by atoms with Crippen molar-refractivity contribution in [3.8, 4) is 17.0 Å². The van der Waals surface area contributed by atoms with E-state index in [2.05, 4.69) is 34.1 Å². The third kappa shape index (κ3) is 3.82. The molecule has 2 N–H and O–H groups in total. The molecule has 2 heterocycles. The van der Waals surface area contributed by atoms with Crippen LogP contribution in [0.1, 0.15) is 31.5 Å². The van der Waals surface area contributed by atoms with Gasteiger partial charge in [0.15, 0.2) is 0 Å². The highest BCUT2D eigenvalue weighted by Crippen LogP contribution is 2.34. The van der Waals surface area contributed by atoms with E-state index in [4.69, 9.17) is 0 Å². The zero-order chi connectivity index (χ0) is 18.6. The number of anilines is 1. The minimum atomic E-state index is -0.206. The monoisotopic (exact) mass is 348 g/mol. The van der Waals surface area contributed by atoms with Gasteiger partial charge in [-0.3, -0.25) is 4.98 Å². The molecule has 0 bridgehead atoms. The molecule has 0 radical (unpaired) electrons. The zero-order valence-electron chi connectivity index (χ0n) is 15.4. The topological polar surface area (TPSA) is 70.9 Å². The highest BCUT2D eigenvalue weighted by molar-refractivity contribution is 5.61. The quantitative estimate of drug-likeness (QED) is 0.694. The molecule has 0 fully saturated rings. The van der Waals surface area contributed by atoms with Crippen molar-refractivity contribution in [2.75, 3.05) is 11.9 Å². The van der Waals surface area contributed by atoms with E-state index >= 15 is 0 Å². The first-order valence-corrected chi connectivity index (χ1v) is 8.79. The van der Waals surface area contributed by atoms with E-state index in [0.29, 0.717) is 12.3 Å². The Hall–Kier alpha value is -2.95. The van der Waals surface area contributed by atoms with Gasteiger partial charge in [-0.15, -0.1) is 0 Å². The summed E-state index contributed by atoms with van der Waals surface area (Å²) in [4.78, 5) is 13.0. The fourth-order valence-corrected chi connectivity index (χ4v) is 2.91. The van der Waals surface area contributed by atoms with Crippen molar-refractivity contribution in [3.05, 3.63) is 66.2 Å². The van der Waals surface area contributed by atoms with Crippen LogP contribution in [0.2, 0.25) is 0 Å². The van der Waals surface area contributed by atoms with Crippen LogP contribution in [0, 0.1) is 6.92 Å². The molecule has 2 aromatic heterocycles. The van der Waals surface area contributed by atoms with Crippen molar-refractivity contribution in [1.29, 1.82) is 0 Å². The third-order valence-corrected chi connectivity index (χ3v) is 4.87. The number of hydrogen-bond donors (Lipinski definition) is 2. The van der Waals surface area contributed by atoms with Gasteiger partial charge in [0, 0.05) is 41.0 Å². The Morgan fingerprint density at radius 1 is 1.08 bits per heavy atom. The van der Waals surface area contributed by atoms with Crippen LogP contribution in [-0.4, -0.2) is 26.6 Å². The first-order chi connectivity index (χ1) is 12.5. The van der Waals surface area contributed by atoms with Gasteiger partial charge in [-0.1, -0.05) is 32.0 Å². The molecule has 0 saturated carbocycles. The summed E-state index contributed by atoms with van der Waals surface area (Å²) in [5.41, 5.74) is 3.49. The smallest absolute Gasteiger partial charge is 0.129 e. The second-order valence-corrected chi connectivity index (χ2v) is 6.76. The van der Waals surface area contributed by atoms with Crippen LogP contribution in [0.3, 0.4) is 0 Å². The maximum atomic E-state index is 10.2. The number of aromatic nitrogens is 3. The fraction of sp³-hybridized carbons (Fsp3) is 0.286. The first kappa shape index (κ1) is 17.9. The van der Waals surface area contributed by atoms with Gasteiger partial charge in [0.1, 0.15) is 17.9 Å². The number of rotatable bonds is 6. The molecule has 5 heteroatoms. The van der Waals surface area contributed by atoms with Crippen molar-refractivity contribution in [3.63, 3.8) is 0 Å². The zero-order valence-corrected chi connectivity index (χ0v) is 15.4. The maximum Gasteiger partial charge on any atom is 0.129 e. The summed E-state index contributed by atoms with van der Waals surface area (Å²) >= 11 is 0. The van der Waals surface area contributed by atoms with Gasteiger partial charge < -0.3 is 10.4 Å². The summed E-state index contributed by atoms with van der Waals surface area (Å²) in [6.45, 7) is 6.88. The SMILES string of the molecule is CC[C@](C)(CNc1cc(-c2ccc(C)nc2)ncn1)c1ccccc1O. The molecule has 0 aliphatic heterocycles. The number of pyridine rings is 1. The van der Waals surface area contributed by atoms with Gasteiger partial charge in [-0.25, -0.2) is 9.97 Å². The molecule has 5 nitrogen and oxygen atoms in total. The predicted molar refractivity (Wildman–Crippen MR) is 104 cm³/mol. The van der Waals surface area contributed by atoms with Crippen LogP contribution < -0.4 is 5.32 Å². The van der Waals surface area contributed by atoms with E-state index < -0.39 is 0 Å². The fourth-order valence-electron chi connectivity index (χ4n) is 2.91. The van der Waals surface area contributed by atoms with Crippen molar-refractivity contribution in [2.45, 2.75) is 32.6 Å². The van der Waals surface area contributed by atoms with Crippen molar-refractivity contribution >= 4 is 5.82 Å². The average Bonchev–Trinajstić information content (AvgIpc) is 2.67. The van der Waals surface area contributed by atoms with Crippen LogP contribution in [0.25, 0.3) is 11.3 Å². The lowest BCUT2D eigenvalue weighted by Crippen LogP contribution is -2.30. The van der Waals surface area contributed by atoms with Crippen molar-refractivity contribution < 1.29 is 5.11 Å². The number of phenolic OH excluding ortho intramolecular Hbond substituents is 1. The lowest BCUT2D eigenvalue weighted by atomic mass is 9.79. The highest BCUT2D eigenvalue weighted by atomic mass is 16.3.